The molecule has 1 unspecified atom stereocenters. The predicted molar refractivity (Wildman–Crippen MR) is 69.3 cm³/mol. The number of aliphatic hydroxyl groups is 1. The first-order valence-corrected chi connectivity index (χ1v) is 6.47. The van der Waals surface area contributed by atoms with Crippen LogP contribution in [0.25, 0.3) is 11.0 Å². The first kappa shape index (κ1) is 11.3. The Labute approximate surface area is 107 Å². The van der Waals surface area contributed by atoms with Crippen molar-refractivity contribution < 1.29 is 9.52 Å². The number of benzene rings is 1. The molecule has 0 aliphatic heterocycles. The standard InChI is InChI=1S/C13H12N2O2S/c14-13-15(5-6-18-13)8-10(16)12-7-9-3-1-2-4-11(9)17-12/h1-7,10,14,16H,8H2. The molecule has 0 saturated carbocycles. The SMILES string of the molecule is N=c1sccn1CC(O)c1cc2ccccc2o1. The van der Waals surface area contributed by atoms with Crippen LogP contribution in [0.1, 0.15) is 11.9 Å². The Bertz CT molecular complexity index is 693. The van der Waals surface area contributed by atoms with Crippen LogP contribution in [-0.2, 0) is 6.54 Å². The highest BCUT2D eigenvalue weighted by Crippen LogP contribution is 2.24. The van der Waals surface area contributed by atoms with E-state index in [1.807, 2.05) is 35.7 Å². The molecular formula is C13H12N2O2S. The third-order valence-electron chi connectivity index (χ3n) is 2.82. The summed E-state index contributed by atoms with van der Waals surface area (Å²) in [6.45, 7) is 0.335. The molecule has 18 heavy (non-hydrogen) atoms. The largest absolute Gasteiger partial charge is 0.458 e. The molecule has 0 saturated heterocycles. The number of fused-ring (bicyclic) bond motifs is 1. The average Bonchev–Trinajstić information content (AvgIpc) is 2.96. The molecule has 0 fully saturated rings. The van der Waals surface area contributed by atoms with E-state index in [4.69, 9.17) is 9.83 Å². The summed E-state index contributed by atoms with van der Waals surface area (Å²) in [6, 6.07) is 9.50. The van der Waals surface area contributed by atoms with Crippen LogP contribution < -0.4 is 4.80 Å². The van der Waals surface area contributed by atoms with Gasteiger partial charge in [-0.1, -0.05) is 18.2 Å². The molecule has 3 aromatic rings. The Kier molecular flexibility index (Phi) is 2.77. The summed E-state index contributed by atoms with van der Waals surface area (Å²) < 4.78 is 7.29. The molecule has 4 nitrogen and oxygen atoms in total. The first-order valence-electron chi connectivity index (χ1n) is 5.59. The van der Waals surface area contributed by atoms with Gasteiger partial charge in [0, 0.05) is 17.0 Å². The van der Waals surface area contributed by atoms with Crippen LogP contribution in [0.15, 0.2) is 46.3 Å². The molecule has 0 bridgehead atoms. The van der Waals surface area contributed by atoms with Crippen LogP contribution in [-0.4, -0.2) is 9.67 Å². The number of para-hydroxylation sites is 1. The highest BCUT2D eigenvalue weighted by molar-refractivity contribution is 7.06. The second kappa shape index (κ2) is 4.44. The number of rotatable bonds is 3. The molecule has 0 aliphatic carbocycles. The van der Waals surface area contributed by atoms with Crippen LogP contribution >= 0.6 is 11.3 Å². The van der Waals surface area contributed by atoms with Crippen LogP contribution in [0.5, 0.6) is 0 Å². The lowest BCUT2D eigenvalue weighted by atomic mass is 10.2. The molecule has 5 heteroatoms. The van der Waals surface area contributed by atoms with E-state index in [0.29, 0.717) is 17.1 Å². The number of thiazole rings is 1. The molecule has 3 rings (SSSR count). The number of furan rings is 1. The lowest BCUT2D eigenvalue weighted by Gasteiger charge is -2.07. The zero-order valence-electron chi connectivity index (χ0n) is 9.54. The number of aliphatic hydroxyl groups excluding tert-OH is 1. The maximum absolute atomic E-state index is 10.1. The van der Waals surface area contributed by atoms with Gasteiger partial charge in [0.2, 0.25) is 0 Å². The molecule has 0 aliphatic rings. The fraction of sp³-hybridized carbons (Fsp3) is 0.154. The number of aromatic nitrogens is 1. The summed E-state index contributed by atoms with van der Waals surface area (Å²) in [5.74, 6) is 0.536. The summed E-state index contributed by atoms with van der Waals surface area (Å²) in [5, 5.41) is 20.6. The second-order valence-corrected chi connectivity index (χ2v) is 4.96. The number of hydrogen-bond acceptors (Lipinski definition) is 4. The van der Waals surface area contributed by atoms with Crippen molar-refractivity contribution in [3.8, 4) is 0 Å². The van der Waals surface area contributed by atoms with Gasteiger partial charge in [0.15, 0.2) is 4.80 Å². The summed E-state index contributed by atoms with van der Waals surface area (Å²) in [5.41, 5.74) is 0.771. The lowest BCUT2D eigenvalue weighted by Crippen LogP contribution is -2.17. The van der Waals surface area contributed by atoms with E-state index in [9.17, 15) is 5.11 Å². The van der Waals surface area contributed by atoms with Crippen molar-refractivity contribution in [3.63, 3.8) is 0 Å². The van der Waals surface area contributed by atoms with E-state index < -0.39 is 6.10 Å². The normalized spacial score (nSPS) is 12.9. The van der Waals surface area contributed by atoms with Gasteiger partial charge in [-0.05, 0) is 12.1 Å². The Morgan fingerprint density at radius 1 is 1.39 bits per heavy atom. The molecule has 2 N–H and O–H groups in total. The van der Waals surface area contributed by atoms with E-state index in [1.54, 1.807) is 10.8 Å². The molecule has 0 amide bonds. The van der Waals surface area contributed by atoms with Gasteiger partial charge in [0.25, 0.3) is 0 Å². The third-order valence-corrected chi connectivity index (χ3v) is 3.54. The molecular weight excluding hydrogens is 248 g/mol. The fourth-order valence-corrected chi connectivity index (χ4v) is 2.50. The minimum atomic E-state index is -0.735. The van der Waals surface area contributed by atoms with Gasteiger partial charge in [-0.2, -0.15) is 0 Å². The molecule has 2 heterocycles. The van der Waals surface area contributed by atoms with Crippen LogP contribution in [0.2, 0.25) is 0 Å². The topological polar surface area (TPSA) is 62.2 Å². The van der Waals surface area contributed by atoms with E-state index in [-0.39, 0.29) is 0 Å². The summed E-state index contributed by atoms with van der Waals surface area (Å²) in [4.78, 5) is 0.421. The van der Waals surface area contributed by atoms with Crippen LogP contribution in [0.3, 0.4) is 0 Å². The molecule has 1 atom stereocenters. The Hall–Kier alpha value is -1.85. The average molecular weight is 260 g/mol. The summed E-state index contributed by atoms with van der Waals surface area (Å²) in [6.07, 6.45) is 1.06. The van der Waals surface area contributed by atoms with Crippen molar-refractivity contribution in [1.29, 1.82) is 5.41 Å². The molecule has 2 aromatic heterocycles. The second-order valence-electron chi connectivity index (χ2n) is 4.06. The predicted octanol–water partition coefficient (Wildman–Crippen LogP) is 2.51. The Morgan fingerprint density at radius 2 is 2.22 bits per heavy atom. The van der Waals surface area contributed by atoms with E-state index in [2.05, 4.69) is 0 Å². The van der Waals surface area contributed by atoms with Crippen molar-refractivity contribution in [2.45, 2.75) is 12.6 Å². The van der Waals surface area contributed by atoms with Gasteiger partial charge in [0.1, 0.15) is 17.4 Å². The number of nitrogens with one attached hydrogen (secondary N) is 1. The van der Waals surface area contributed by atoms with Crippen molar-refractivity contribution >= 4 is 22.3 Å². The summed E-state index contributed by atoms with van der Waals surface area (Å²) >= 11 is 1.33. The zero-order valence-corrected chi connectivity index (χ0v) is 10.4. The van der Waals surface area contributed by atoms with Gasteiger partial charge in [-0.25, -0.2) is 0 Å². The summed E-state index contributed by atoms with van der Waals surface area (Å²) in [7, 11) is 0. The van der Waals surface area contributed by atoms with Crippen molar-refractivity contribution in [1.82, 2.24) is 4.57 Å². The van der Waals surface area contributed by atoms with Gasteiger partial charge in [0.05, 0.1) is 6.54 Å². The van der Waals surface area contributed by atoms with Crippen LogP contribution in [0, 0.1) is 5.41 Å². The van der Waals surface area contributed by atoms with Crippen LogP contribution in [0.4, 0.5) is 0 Å². The maximum Gasteiger partial charge on any atom is 0.181 e. The molecule has 92 valence electrons. The van der Waals surface area contributed by atoms with Gasteiger partial charge >= 0.3 is 0 Å². The smallest absolute Gasteiger partial charge is 0.181 e. The Balaban J connectivity index is 1.90. The Morgan fingerprint density at radius 3 is 2.94 bits per heavy atom. The lowest BCUT2D eigenvalue weighted by molar-refractivity contribution is 0.131. The van der Waals surface area contributed by atoms with E-state index >= 15 is 0 Å². The highest BCUT2D eigenvalue weighted by Gasteiger charge is 2.14. The van der Waals surface area contributed by atoms with Crippen molar-refractivity contribution in [2.24, 2.45) is 0 Å². The zero-order chi connectivity index (χ0) is 12.5. The molecule has 0 radical (unpaired) electrons. The quantitative estimate of drug-likeness (QED) is 0.760. The van der Waals surface area contributed by atoms with E-state index in [1.165, 1.54) is 11.3 Å². The third kappa shape index (κ3) is 1.98. The molecule has 1 aromatic carbocycles. The first-order chi connectivity index (χ1) is 8.74. The van der Waals surface area contributed by atoms with Crippen molar-refractivity contribution in [2.75, 3.05) is 0 Å². The number of hydrogen-bond donors (Lipinski definition) is 2. The van der Waals surface area contributed by atoms with E-state index in [0.717, 1.165) is 11.0 Å². The highest BCUT2D eigenvalue weighted by atomic mass is 32.1. The minimum Gasteiger partial charge on any atom is -0.458 e. The molecule has 0 spiro atoms. The fourth-order valence-electron chi connectivity index (χ4n) is 1.89. The number of nitrogens with zero attached hydrogens (tertiary/aromatic N) is 1. The van der Waals surface area contributed by atoms with Gasteiger partial charge in [-0.15, -0.1) is 11.3 Å². The van der Waals surface area contributed by atoms with Crippen molar-refractivity contribution in [3.05, 3.63) is 52.5 Å². The minimum absolute atomic E-state index is 0.335. The monoisotopic (exact) mass is 260 g/mol. The van der Waals surface area contributed by atoms with Gasteiger partial charge in [-0.3, -0.25) is 5.41 Å². The maximum atomic E-state index is 10.1. The van der Waals surface area contributed by atoms with Gasteiger partial charge < -0.3 is 14.1 Å².